The number of hydrogen-bond acceptors (Lipinski definition) is 3. The number of fused-ring (bicyclic) bond motifs is 1. The predicted molar refractivity (Wildman–Crippen MR) is 73.6 cm³/mol. The van der Waals surface area contributed by atoms with E-state index in [0.29, 0.717) is 11.6 Å². The lowest BCUT2D eigenvalue weighted by Crippen LogP contribution is -2.19. The maximum atomic E-state index is 9.14. The Bertz CT molecular complexity index is 715. The van der Waals surface area contributed by atoms with Crippen molar-refractivity contribution in [2.24, 2.45) is 5.92 Å². The summed E-state index contributed by atoms with van der Waals surface area (Å²) in [5, 5.41) is 18.1. The molecule has 2 aromatic rings. The van der Waals surface area contributed by atoms with Crippen LogP contribution in [-0.4, -0.2) is 9.55 Å². The van der Waals surface area contributed by atoms with Crippen LogP contribution in [0.1, 0.15) is 28.9 Å². The molecule has 0 radical (unpaired) electrons. The number of rotatable bonds is 2. The van der Waals surface area contributed by atoms with Crippen LogP contribution in [0.25, 0.3) is 0 Å². The lowest BCUT2D eigenvalue weighted by molar-refractivity contribution is 0.393. The number of benzene rings is 1. The zero-order chi connectivity index (χ0) is 13.9. The second-order valence-corrected chi connectivity index (χ2v) is 5.20. The molecule has 98 valence electrons. The Kier molecular flexibility index (Phi) is 3.23. The fourth-order valence-corrected chi connectivity index (χ4v) is 2.93. The van der Waals surface area contributed by atoms with Crippen LogP contribution < -0.4 is 0 Å². The molecule has 0 bridgehead atoms. The highest BCUT2D eigenvalue weighted by molar-refractivity contribution is 5.36. The third-order valence-electron chi connectivity index (χ3n) is 3.95. The van der Waals surface area contributed by atoms with Crippen molar-refractivity contribution in [2.75, 3.05) is 0 Å². The smallest absolute Gasteiger partial charge is 0.176 e. The molecule has 0 unspecified atom stereocenters. The first-order valence-electron chi connectivity index (χ1n) is 6.74. The second-order valence-electron chi connectivity index (χ2n) is 5.20. The molecule has 1 aliphatic rings. The van der Waals surface area contributed by atoms with Gasteiger partial charge in [0.2, 0.25) is 0 Å². The highest BCUT2D eigenvalue weighted by atomic mass is 15.1. The van der Waals surface area contributed by atoms with E-state index in [1.165, 1.54) is 11.1 Å². The molecule has 4 nitrogen and oxygen atoms in total. The molecule has 0 aliphatic heterocycles. The van der Waals surface area contributed by atoms with Crippen molar-refractivity contribution in [1.82, 2.24) is 9.55 Å². The van der Waals surface area contributed by atoms with Crippen molar-refractivity contribution >= 4 is 0 Å². The fraction of sp³-hybridized carbons (Fsp3) is 0.312. The second kappa shape index (κ2) is 5.19. The third kappa shape index (κ3) is 2.17. The van der Waals surface area contributed by atoms with E-state index in [9.17, 15) is 0 Å². The number of nitriles is 2. The minimum atomic E-state index is 0.226. The Balaban J connectivity index is 1.79. The van der Waals surface area contributed by atoms with E-state index in [1.807, 2.05) is 10.6 Å². The van der Waals surface area contributed by atoms with Gasteiger partial charge < -0.3 is 4.57 Å². The molecule has 0 N–H and O–H groups in total. The van der Waals surface area contributed by atoms with Gasteiger partial charge in [-0.1, -0.05) is 24.3 Å². The van der Waals surface area contributed by atoms with E-state index in [4.69, 9.17) is 10.5 Å². The monoisotopic (exact) mass is 262 g/mol. The molecule has 1 aromatic carbocycles. The first-order valence-corrected chi connectivity index (χ1v) is 6.74. The van der Waals surface area contributed by atoms with Gasteiger partial charge in [0.15, 0.2) is 11.4 Å². The largest absolute Gasteiger partial charge is 0.321 e. The summed E-state index contributed by atoms with van der Waals surface area (Å²) in [5.41, 5.74) is 3.45. The molecule has 1 aliphatic carbocycles. The van der Waals surface area contributed by atoms with Crippen LogP contribution in [0.4, 0.5) is 0 Å². The van der Waals surface area contributed by atoms with Crippen molar-refractivity contribution in [3.63, 3.8) is 0 Å². The highest BCUT2D eigenvalue weighted by Crippen LogP contribution is 2.26. The Morgan fingerprint density at radius 2 is 2.00 bits per heavy atom. The van der Waals surface area contributed by atoms with Gasteiger partial charge in [-0.3, -0.25) is 0 Å². The Labute approximate surface area is 117 Å². The first kappa shape index (κ1) is 12.4. The van der Waals surface area contributed by atoms with Crippen LogP contribution in [0, 0.1) is 28.6 Å². The van der Waals surface area contributed by atoms with Gasteiger partial charge in [-0.2, -0.15) is 10.5 Å². The summed E-state index contributed by atoms with van der Waals surface area (Å²) < 4.78 is 1.82. The summed E-state index contributed by atoms with van der Waals surface area (Å²) >= 11 is 0. The van der Waals surface area contributed by atoms with Crippen molar-refractivity contribution in [3.8, 4) is 12.1 Å². The average Bonchev–Trinajstić information content (AvgIpc) is 2.89. The molecule has 1 atom stereocenters. The number of aryl methyl sites for hydroxylation is 1. The van der Waals surface area contributed by atoms with Crippen LogP contribution >= 0.6 is 0 Å². The number of aromatic nitrogens is 2. The average molecular weight is 262 g/mol. The van der Waals surface area contributed by atoms with Gasteiger partial charge in [0.05, 0.1) is 6.33 Å². The minimum Gasteiger partial charge on any atom is -0.321 e. The van der Waals surface area contributed by atoms with Gasteiger partial charge in [-0.25, -0.2) is 4.98 Å². The molecule has 3 rings (SSSR count). The van der Waals surface area contributed by atoms with Gasteiger partial charge in [0.1, 0.15) is 12.1 Å². The molecular formula is C16H14N4. The molecule has 0 saturated heterocycles. The molecule has 0 amide bonds. The maximum Gasteiger partial charge on any atom is 0.176 e. The van der Waals surface area contributed by atoms with Gasteiger partial charge in [0.25, 0.3) is 0 Å². The van der Waals surface area contributed by atoms with E-state index in [2.05, 4.69) is 35.3 Å². The van der Waals surface area contributed by atoms with Crippen LogP contribution in [0.15, 0.2) is 30.6 Å². The van der Waals surface area contributed by atoms with Gasteiger partial charge in [-0.15, -0.1) is 0 Å². The SMILES string of the molecule is N#Cc1ncn(C[C@H]2CCc3ccccc3C2)c1C#N. The van der Waals surface area contributed by atoms with E-state index >= 15 is 0 Å². The van der Waals surface area contributed by atoms with Gasteiger partial charge in [-0.05, 0) is 36.3 Å². The van der Waals surface area contributed by atoms with Gasteiger partial charge in [0, 0.05) is 6.54 Å². The number of imidazole rings is 1. The molecule has 0 saturated carbocycles. The van der Waals surface area contributed by atoms with E-state index in [1.54, 1.807) is 6.33 Å². The molecule has 20 heavy (non-hydrogen) atoms. The van der Waals surface area contributed by atoms with Gasteiger partial charge >= 0.3 is 0 Å². The molecule has 4 heteroatoms. The Hall–Kier alpha value is -2.59. The maximum absolute atomic E-state index is 9.14. The first-order chi connectivity index (χ1) is 9.81. The van der Waals surface area contributed by atoms with Crippen molar-refractivity contribution < 1.29 is 0 Å². The van der Waals surface area contributed by atoms with Crippen LogP contribution in [0.3, 0.4) is 0 Å². The van der Waals surface area contributed by atoms with Crippen molar-refractivity contribution in [3.05, 3.63) is 53.1 Å². The van der Waals surface area contributed by atoms with E-state index in [0.717, 1.165) is 25.8 Å². The summed E-state index contributed by atoms with van der Waals surface area (Å²) in [7, 11) is 0. The summed E-state index contributed by atoms with van der Waals surface area (Å²) in [6, 6.07) is 12.6. The predicted octanol–water partition coefficient (Wildman–Crippen LogP) is 2.43. The lowest BCUT2D eigenvalue weighted by Gasteiger charge is -2.24. The van der Waals surface area contributed by atoms with E-state index in [-0.39, 0.29) is 5.69 Å². The highest BCUT2D eigenvalue weighted by Gasteiger charge is 2.20. The molecule has 0 fully saturated rings. The fourth-order valence-electron chi connectivity index (χ4n) is 2.93. The zero-order valence-corrected chi connectivity index (χ0v) is 11.1. The van der Waals surface area contributed by atoms with Crippen LogP contribution in [-0.2, 0) is 19.4 Å². The summed E-state index contributed by atoms with van der Waals surface area (Å²) in [6.45, 7) is 0.756. The standard InChI is InChI=1S/C16H14N4/c17-8-15-16(9-18)20(11-19-15)10-12-5-6-13-3-1-2-4-14(13)7-12/h1-4,11-12H,5-7,10H2/t12-/m0/s1. The Morgan fingerprint density at radius 1 is 1.20 bits per heavy atom. The Morgan fingerprint density at radius 3 is 2.75 bits per heavy atom. The van der Waals surface area contributed by atoms with Crippen LogP contribution in [0.5, 0.6) is 0 Å². The summed E-state index contributed by atoms with van der Waals surface area (Å²) in [5.74, 6) is 0.498. The minimum absolute atomic E-state index is 0.226. The topological polar surface area (TPSA) is 65.4 Å². The summed E-state index contributed by atoms with van der Waals surface area (Å²) in [4.78, 5) is 3.99. The van der Waals surface area contributed by atoms with E-state index < -0.39 is 0 Å². The van der Waals surface area contributed by atoms with Crippen molar-refractivity contribution in [1.29, 1.82) is 10.5 Å². The summed E-state index contributed by atoms with van der Waals surface area (Å²) in [6.07, 6.45) is 4.84. The quantitative estimate of drug-likeness (QED) is 0.834. The molecular weight excluding hydrogens is 248 g/mol. The third-order valence-corrected chi connectivity index (χ3v) is 3.95. The zero-order valence-electron chi connectivity index (χ0n) is 11.1. The number of hydrogen-bond donors (Lipinski definition) is 0. The normalized spacial score (nSPS) is 17.0. The lowest BCUT2D eigenvalue weighted by atomic mass is 9.84. The van der Waals surface area contributed by atoms with Crippen LogP contribution in [0.2, 0.25) is 0 Å². The molecule has 1 aromatic heterocycles. The van der Waals surface area contributed by atoms with Crippen molar-refractivity contribution in [2.45, 2.75) is 25.8 Å². The number of nitrogens with zero attached hydrogens (tertiary/aromatic N) is 4. The molecule has 1 heterocycles. The molecule has 0 spiro atoms.